The van der Waals surface area contributed by atoms with Crippen LogP contribution < -0.4 is 9.46 Å². The third-order valence-electron chi connectivity index (χ3n) is 3.09. The molecule has 0 aliphatic heterocycles. The molecule has 0 aromatic heterocycles. The fourth-order valence-corrected chi connectivity index (χ4v) is 3.27. The van der Waals surface area contributed by atoms with Gasteiger partial charge in [-0.05, 0) is 36.2 Å². The van der Waals surface area contributed by atoms with E-state index >= 15 is 0 Å². The number of aliphatic hydroxyl groups excluding tert-OH is 1. The van der Waals surface area contributed by atoms with Crippen LogP contribution >= 0.6 is 0 Å². The van der Waals surface area contributed by atoms with Gasteiger partial charge in [-0.1, -0.05) is 24.3 Å². The van der Waals surface area contributed by atoms with Crippen molar-refractivity contribution in [3.63, 3.8) is 0 Å². The van der Waals surface area contributed by atoms with Crippen molar-refractivity contribution in [1.29, 1.82) is 0 Å². The summed E-state index contributed by atoms with van der Waals surface area (Å²) in [6, 6.07) is 11.6. The predicted molar refractivity (Wildman–Crippen MR) is 80.9 cm³/mol. The van der Waals surface area contributed by atoms with Crippen molar-refractivity contribution < 1.29 is 18.3 Å². The Kier molecular flexibility index (Phi) is 4.50. The maximum Gasteiger partial charge on any atom is 0.265 e. The number of ether oxygens (including phenoxy) is 1. The topological polar surface area (TPSA) is 75.6 Å². The number of hydrogen-bond acceptors (Lipinski definition) is 4. The Morgan fingerprint density at radius 1 is 1.19 bits per heavy atom. The van der Waals surface area contributed by atoms with Crippen LogP contribution in [0.2, 0.25) is 0 Å². The SMILES string of the molecule is COc1ccc(CO)cc1S(=O)(=O)Nc1ccccc1C. The Morgan fingerprint density at radius 2 is 1.90 bits per heavy atom. The quantitative estimate of drug-likeness (QED) is 0.888. The van der Waals surface area contributed by atoms with Gasteiger partial charge in [0, 0.05) is 0 Å². The lowest BCUT2D eigenvalue weighted by atomic mass is 10.2. The van der Waals surface area contributed by atoms with E-state index in [-0.39, 0.29) is 17.3 Å². The van der Waals surface area contributed by atoms with E-state index in [1.54, 1.807) is 18.2 Å². The van der Waals surface area contributed by atoms with E-state index in [0.717, 1.165) is 5.56 Å². The molecule has 0 spiro atoms. The first-order valence-electron chi connectivity index (χ1n) is 6.34. The average molecular weight is 307 g/mol. The highest BCUT2D eigenvalue weighted by Crippen LogP contribution is 2.27. The first kappa shape index (κ1) is 15.3. The molecule has 2 aromatic carbocycles. The zero-order chi connectivity index (χ0) is 15.5. The van der Waals surface area contributed by atoms with Gasteiger partial charge < -0.3 is 9.84 Å². The normalized spacial score (nSPS) is 11.2. The van der Waals surface area contributed by atoms with Gasteiger partial charge in [0.15, 0.2) is 0 Å². The van der Waals surface area contributed by atoms with Gasteiger partial charge in [0.25, 0.3) is 10.0 Å². The summed E-state index contributed by atoms with van der Waals surface area (Å²) in [5.41, 5.74) is 1.83. The van der Waals surface area contributed by atoms with E-state index in [2.05, 4.69) is 4.72 Å². The molecule has 0 saturated carbocycles. The highest BCUT2D eigenvalue weighted by atomic mass is 32.2. The Bertz CT molecular complexity index is 741. The van der Waals surface area contributed by atoms with Crippen molar-refractivity contribution in [2.75, 3.05) is 11.8 Å². The van der Waals surface area contributed by atoms with Gasteiger partial charge >= 0.3 is 0 Å². The second-order valence-corrected chi connectivity index (χ2v) is 6.21. The first-order chi connectivity index (χ1) is 9.97. The van der Waals surface area contributed by atoms with E-state index in [9.17, 15) is 8.42 Å². The largest absolute Gasteiger partial charge is 0.495 e. The Morgan fingerprint density at radius 3 is 2.52 bits per heavy atom. The zero-order valence-corrected chi connectivity index (χ0v) is 12.6. The number of benzene rings is 2. The molecule has 2 aromatic rings. The van der Waals surface area contributed by atoms with Crippen LogP contribution in [0.15, 0.2) is 47.4 Å². The van der Waals surface area contributed by atoms with Gasteiger partial charge in [0.05, 0.1) is 19.4 Å². The molecule has 0 aliphatic carbocycles. The van der Waals surface area contributed by atoms with Crippen LogP contribution in [0.4, 0.5) is 5.69 Å². The van der Waals surface area contributed by atoms with Crippen molar-refractivity contribution in [3.8, 4) is 5.75 Å². The number of para-hydroxylation sites is 1. The number of aliphatic hydroxyl groups is 1. The fraction of sp³-hybridized carbons (Fsp3) is 0.200. The Labute approximate surface area is 124 Å². The van der Waals surface area contributed by atoms with Crippen molar-refractivity contribution >= 4 is 15.7 Å². The predicted octanol–water partition coefficient (Wildman–Crippen LogP) is 2.30. The maximum absolute atomic E-state index is 12.5. The molecule has 2 rings (SSSR count). The number of hydrogen-bond donors (Lipinski definition) is 2. The molecule has 21 heavy (non-hydrogen) atoms. The summed E-state index contributed by atoms with van der Waals surface area (Å²) in [7, 11) is -2.39. The van der Waals surface area contributed by atoms with Crippen molar-refractivity contribution in [1.82, 2.24) is 0 Å². The molecule has 0 unspecified atom stereocenters. The minimum absolute atomic E-state index is 0.000182. The van der Waals surface area contributed by atoms with Crippen LogP contribution in [-0.2, 0) is 16.6 Å². The highest BCUT2D eigenvalue weighted by molar-refractivity contribution is 7.92. The summed E-state index contributed by atoms with van der Waals surface area (Å²) in [5.74, 6) is 0.230. The maximum atomic E-state index is 12.5. The lowest BCUT2D eigenvalue weighted by Crippen LogP contribution is -2.15. The molecule has 0 fully saturated rings. The summed E-state index contributed by atoms with van der Waals surface area (Å²) < 4.78 is 32.7. The number of nitrogens with one attached hydrogen (secondary N) is 1. The summed E-state index contributed by atoms with van der Waals surface area (Å²) in [4.78, 5) is -0.000182. The van der Waals surface area contributed by atoms with E-state index in [1.807, 2.05) is 19.1 Å². The van der Waals surface area contributed by atoms with Crippen LogP contribution in [0, 0.1) is 6.92 Å². The van der Waals surface area contributed by atoms with E-state index in [4.69, 9.17) is 9.84 Å². The van der Waals surface area contributed by atoms with Gasteiger partial charge in [0.1, 0.15) is 10.6 Å². The molecule has 0 aliphatic rings. The molecule has 0 amide bonds. The van der Waals surface area contributed by atoms with Gasteiger partial charge in [-0.15, -0.1) is 0 Å². The number of aryl methyl sites for hydroxylation is 1. The van der Waals surface area contributed by atoms with Crippen LogP contribution in [0.3, 0.4) is 0 Å². The molecule has 2 N–H and O–H groups in total. The van der Waals surface area contributed by atoms with E-state index < -0.39 is 10.0 Å². The third-order valence-corrected chi connectivity index (χ3v) is 4.48. The Balaban J connectivity index is 2.46. The van der Waals surface area contributed by atoms with Crippen LogP contribution in [-0.4, -0.2) is 20.6 Å². The smallest absolute Gasteiger partial charge is 0.265 e. The second-order valence-electron chi connectivity index (χ2n) is 4.56. The van der Waals surface area contributed by atoms with Crippen LogP contribution in [0.25, 0.3) is 0 Å². The minimum atomic E-state index is -3.80. The van der Waals surface area contributed by atoms with E-state index in [0.29, 0.717) is 11.3 Å². The molecule has 5 nitrogen and oxygen atoms in total. The zero-order valence-electron chi connectivity index (χ0n) is 11.8. The monoisotopic (exact) mass is 307 g/mol. The third kappa shape index (κ3) is 3.34. The minimum Gasteiger partial charge on any atom is -0.495 e. The molecule has 0 radical (unpaired) electrons. The van der Waals surface area contributed by atoms with Gasteiger partial charge in [0.2, 0.25) is 0 Å². The molecule has 0 bridgehead atoms. The highest BCUT2D eigenvalue weighted by Gasteiger charge is 2.20. The van der Waals surface area contributed by atoms with Crippen molar-refractivity contribution in [2.45, 2.75) is 18.4 Å². The summed E-state index contributed by atoms with van der Waals surface area (Å²) in [6.45, 7) is 1.58. The number of rotatable bonds is 5. The standard InChI is InChI=1S/C15H17NO4S/c1-11-5-3-4-6-13(11)16-21(18,19)15-9-12(10-17)7-8-14(15)20-2/h3-9,16-17H,10H2,1-2H3. The molecular weight excluding hydrogens is 290 g/mol. The van der Waals surface area contributed by atoms with E-state index in [1.165, 1.54) is 19.2 Å². The number of anilines is 1. The summed E-state index contributed by atoms with van der Waals surface area (Å²) in [5, 5.41) is 9.17. The van der Waals surface area contributed by atoms with Gasteiger partial charge in [-0.25, -0.2) is 8.42 Å². The Hall–Kier alpha value is -2.05. The molecule has 112 valence electrons. The molecule has 0 heterocycles. The first-order valence-corrected chi connectivity index (χ1v) is 7.82. The molecule has 0 saturated heterocycles. The lowest BCUT2D eigenvalue weighted by Gasteiger charge is -2.14. The summed E-state index contributed by atoms with van der Waals surface area (Å²) in [6.07, 6.45) is 0. The number of sulfonamides is 1. The second kappa shape index (κ2) is 6.15. The molecule has 0 atom stereocenters. The fourth-order valence-electron chi connectivity index (χ4n) is 1.92. The summed E-state index contributed by atoms with van der Waals surface area (Å²) >= 11 is 0. The lowest BCUT2D eigenvalue weighted by molar-refractivity contribution is 0.281. The van der Waals surface area contributed by atoms with Crippen molar-refractivity contribution in [3.05, 3.63) is 53.6 Å². The van der Waals surface area contributed by atoms with Crippen LogP contribution in [0.5, 0.6) is 5.75 Å². The van der Waals surface area contributed by atoms with Crippen molar-refractivity contribution in [2.24, 2.45) is 0 Å². The molecule has 6 heteroatoms. The van der Waals surface area contributed by atoms with Crippen LogP contribution in [0.1, 0.15) is 11.1 Å². The number of methoxy groups -OCH3 is 1. The van der Waals surface area contributed by atoms with Gasteiger partial charge in [-0.2, -0.15) is 0 Å². The average Bonchev–Trinajstić information content (AvgIpc) is 2.48. The molecular formula is C15H17NO4S. The van der Waals surface area contributed by atoms with Gasteiger partial charge in [-0.3, -0.25) is 4.72 Å².